The van der Waals surface area contributed by atoms with Gasteiger partial charge in [-0.05, 0) is 54.2 Å². The number of halogens is 2. The summed E-state index contributed by atoms with van der Waals surface area (Å²) in [5.41, 5.74) is 3.36. The molecule has 3 fully saturated rings. The standard InChI is InChI=1S/C41H33ClFN7O2S/c42-30-22-45-38-34(46-30)29(23-50(38)41(26-10-4-1-5-11-26,27-12-6-2-7-13-27)28-14-8-3-9-15-28)36-48-35(39-44-20-21-53-39)32(43)37(49-36)47-33-25-18-16-24(17-19-25)31(33)40(51)52/h1-15,20-25,31,33H,16-19H2,(H,51,52)(H,47,48,49). The van der Waals surface area contributed by atoms with Gasteiger partial charge in [-0.15, -0.1) is 11.3 Å². The fraction of sp³-hybridized carbons (Fsp3) is 0.220. The first kappa shape index (κ1) is 33.3. The topological polar surface area (TPSA) is 119 Å². The fourth-order valence-electron chi connectivity index (χ4n) is 8.66. The van der Waals surface area contributed by atoms with Crippen molar-refractivity contribution in [1.82, 2.24) is 29.5 Å². The molecule has 4 heterocycles. The third-order valence-corrected chi connectivity index (χ3v) is 11.9. The molecule has 3 aliphatic carbocycles. The van der Waals surface area contributed by atoms with Crippen LogP contribution in [0.3, 0.4) is 0 Å². The van der Waals surface area contributed by atoms with E-state index in [0.29, 0.717) is 21.7 Å². The number of hydrogen-bond donors (Lipinski definition) is 2. The Bertz CT molecular complexity index is 2330. The number of thiazole rings is 1. The lowest BCUT2D eigenvalue weighted by molar-refractivity contribution is -0.148. The maximum absolute atomic E-state index is 16.7. The van der Waals surface area contributed by atoms with E-state index < -0.39 is 29.3 Å². The van der Waals surface area contributed by atoms with E-state index in [1.54, 1.807) is 11.6 Å². The van der Waals surface area contributed by atoms with Crippen molar-refractivity contribution in [2.24, 2.45) is 17.8 Å². The molecule has 12 heteroatoms. The van der Waals surface area contributed by atoms with Crippen LogP contribution in [0.15, 0.2) is 115 Å². The molecule has 2 bridgehead atoms. The van der Waals surface area contributed by atoms with E-state index in [0.717, 1.165) is 42.4 Å². The first-order valence-electron chi connectivity index (χ1n) is 17.6. The summed E-state index contributed by atoms with van der Waals surface area (Å²) in [5.74, 6) is -2.01. The summed E-state index contributed by atoms with van der Waals surface area (Å²) >= 11 is 7.83. The van der Waals surface area contributed by atoms with Crippen molar-refractivity contribution >= 4 is 45.9 Å². The SMILES string of the molecule is O=C(O)C1C2CCC(CC2)C1Nc1nc(-c2cn(C(c3ccccc3)(c3ccccc3)c3ccccc3)c3ncc(Cl)nc23)nc(-c2nccs2)c1F. The summed E-state index contributed by atoms with van der Waals surface area (Å²) in [5, 5.41) is 15.9. The molecule has 0 radical (unpaired) electrons. The predicted molar refractivity (Wildman–Crippen MR) is 203 cm³/mol. The van der Waals surface area contributed by atoms with Crippen LogP contribution in [-0.4, -0.2) is 46.6 Å². The molecule has 2 unspecified atom stereocenters. The second-order valence-corrected chi connectivity index (χ2v) is 15.0. The van der Waals surface area contributed by atoms with Gasteiger partial charge in [0.1, 0.15) is 26.9 Å². The Morgan fingerprint density at radius 2 is 1.45 bits per heavy atom. The fourth-order valence-corrected chi connectivity index (χ4v) is 9.41. The second kappa shape index (κ2) is 13.5. The highest BCUT2D eigenvalue weighted by molar-refractivity contribution is 7.13. The van der Waals surface area contributed by atoms with E-state index in [1.807, 2.05) is 60.8 Å². The number of hydrogen-bond acceptors (Lipinski definition) is 8. The van der Waals surface area contributed by atoms with Crippen molar-refractivity contribution in [1.29, 1.82) is 0 Å². The average Bonchev–Trinajstić information content (AvgIpc) is 3.87. The molecule has 2 atom stereocenters. The van der Waals surface area contributed by atoms with Gasteiger partial charge < -0.3 is 15.0 Å². The normalized spacial score (nSPS) is 19.7. The van der Waals surface area contributed by atoms with Crippen molar-refractivity contribution in [3.63, 3.8) is 0 Å². The molecule has 0 amide bonds. The summed E-state index contributed by atoms with van der Waals surface area (Å²) < 4.78 is 18.7. The molecule has 0 aliphatic heterocycles. The van der Waals surface area contributed by atoms with Crippen LogP contribution >= 0.6 is 22.9 Å². The van der Waals surface area contributed by atoms with Gasteiger partial charge in [0, 0.05) is 23.8 Å². The number of fused-ring (bicyclic) bond motifs is 4. The molecule has 0 spiro atoms. The number of nitrogens with one attached hydrogen (secondary N) is 1. The molecule has 3 aromatic carbocycles. The smallest absolute Gasteiger partial charge is 0.308 e. The highest BCUT2D eigenvalue weighted by Crippen LogP contribution is 2.48. The lowest BCUT2D eigenvalue weighted by Crippen LogP contribution is -2.51. The summed E-state index contributed by atoms with van der Waals surface area (Å²) in [6.07, 6.45) is 8.50. The van der Waals surface area contributed by atoms with Crippen LogP contribution in [0.5, 0.6) is 0 Å². The summed E-state index contributed by atoms with van der Waals surface area (Å²) in [4.78, 5) is 36.3. The Hall–Kier alpha value is -5.52. The van der Waals surface area contributed by atoms with Crippen LogP contribution in [0.4, 0.5) is 10.2 Å². The highest BCUT2D eigenvalue weighted by Gasteiger charge is 2.48. The molecule has 9 nitrogen and oxygen atoms in total. The van der Waals surface area contributed by atoms with Gasteiger partial charge in [0.15, 0.2) is 23.1 Å². The zero-order valence-electron chi connectivity index (χ0n) is 28.3. The van der Waals surface area contributed by atoms with Crippen molar-refractivity contribution < 1.29 is 14.3 Å². The Morgan fingerprint density at radius 1 is 0.849 bits per heavy atom. The summed E-state index contributed by atoms with van der Waals surface area (Å²) in [6.45, 7) is 0. The van der Waals surface area contributed by atoms with E-state index >= 15 is 4.39 Å². The van der Waals surface area contributed by atoms with E-state index in [9.17, 15) is 9.90 Å². The second-order valence-electron chi connectivity index (χ2n) is 13.7. The minimum atomic E-state index is -0.960. The Kier molecular flexibility index (Phi) is 8.47. The average molecular weight is 742 g/mol. The summed E-state index contributed by atoms with van der Waals surface area (Å²) in [7, 11) is 0. The number of carboxylic acid groups (broad SMARTS) is 1. The molecular weight excluding hydrogens is 709 g/mol. The minimum Gasteiger partial charge on any atom is -0.481 e. The molecule has 0 saturated heterocycles. The predicted octanol–water partition coefficient (Wildman–Crippen LogP) is 8.95. The molecule has 4 aromatic heterocycles. The van der Waals surface area contributed by atoms with E-state index in [1.165, 1.54) is 17.5 Å². The van der Waals surface area contributed by atoms with Gasteiger partial charge in [-0.25, -0.2) is 29.3 Å². The van der Waals surface area contributed by atoms with Gasteiger partial charge in [0.25, 0.3) is 0 Å². The summed E-state index contributed by atoms with van der Waals surface area (Å²) in [6, 6.07) is 30.0. The molecule has 10 rings (SSSR count). The molecule has 3 aliphatic rings. The zero-order valence-corrected chi connectivity index (χ0v) is 29.9. The van der Waals surface area contributed by atoms with Gasteiger partial charge in [0.05, 0.1) is 17.7 Å². The van der Waals surface area contributed by atoms with Crippen LogP contribution in [0.1, 0.15) is 42.4 Å². The largest absolute Gasteiger partial charge is 0.481 e. The van der Waals surface area contributed by atoms with Crippen molar-refractivity contribution in [2.45, 2.75) is 37.3 Å². The van der Waals surface area contributed by atoms with E-state index in [-0.39, 0.29) is 34.3 Å². The van der Waals surface area contributed by atoms with Gasteiger partial charge >= 0.3 is 5.97 Å². The van der Waals surface area contributed by atoms with Gasteiger partial charge in [-0.3, -0.25) is 4.79 Å². The van der Waals surface area contributed by atoms with Crippen LogP contribution in [0.2, 0.25) is 5.15 Å². The van der Waals surface area contributed by atoms with Crippen molar-refractivity contribution in [3.05, 3.63) is 143 Å². The molecule has 3 saturated carbocycles. The van der Waals surface area contributed by atoms with E-state index in [2.05, 4.69) is 51.3 Å². The number of benzene rings is 3. The van der Waals surface area contributed by atoms with E-state index in [4.69, 9.17) is 31.5 Å². The number of rotatable bonds is 9. The zero-order chi connectivity index (χ0) is 36.1. The lowest BCUT2D eigenvalue weighted by Gasteiger charge is -2.47. The third-order valence-electron chi connectivity index (χ3n) is 10.9. The number of aromatic nitrogens is 6. The third kappa shape index (κ3) is 5.57. The minimum absolute atomic E-state index is 0.0108. The number of carboxylic acids is 1. The number of nitrogens with zero attached hydrogens (tertiary/aromatic N) is 6. The maximum atomic E-state index is 16.7. The molecule has 7 aromatic rings. The highest BCUT2D eigenvalue weighted by atomic mass is 35.5. The maximum Gasteiger partial charge on any atom is 0.308 e. The first-order valence-corrected chi connectivity index (χ1v) is 18.9. The lowest BCUT2D eigenvalue weighted by atomic mass is 9.61. The van der Waals surface area contributed by atoms with Crippen LogP contribution in [-0.2, 0) is 10.3 Å². The van der Waals surface area contributed by atoms with Crippen molar-refractivity contribution in [2.75, 3.05) is 5.32 Å². The number of anilines is 1. The van der Waals surface area contributed by atoms with Gasteiger partial charge in [-0.1, -0.05) is 103 Å². The van der Waals surface area contributed by atoms with Crippen LogP contribution in [0.25, 0.3) is 33.3 Å². The molecule has 2 N–H and O–H groups in total. The van der Waals surface area contributed by atoms with Gasteiger partial charge in [0.2, 0.25) is 0 Å². The van der Waals surface area contributed by atoms with Crippen LogP contribution in [0, 0.1) is 23.6 Å². The van der Waals surface area contributed by atoms with Gasteiger partial charge in [-0.2, -0.15) is 0 Å². The molecular formula is C41H33ClFN7O2S. The number of aliphatic carboxylic acids is 1. The Morgan fingerprint density at radius 3 is 2.02 bits per heavy atom. The Labute approximate surface area is 313 Å². The van der Waals surface area contributed by atoms with Crippen molar-refractivity contribution in [3.8, 4) is 22.1 Å². The quantitative estimate of drug-likeness (QED) is 0.141. The molecule has 53 heavy (non-hydrogen) atoms. The number of carbonyl (C=O) groups is 1. The first-order chi connectivity index (χ1) is 25.9. The monoisotopic (exact) mass is 741 g/mol. The molecule has 264 valence electrons. The Balaban J connectivity index is 1.31. The van der Waals surface area contributed by atoms with Crippen LogP contribution < -0.4 is 5.32 Å².